The summed E-state index contributed by atoms with van der Waals surface area (Å²) >= 11 is 0. The summed E-state index contributed by atoms with van der Waals surface area (Å²) in [7, 11) is 2.00. The molecule has 1 heterocycles. The van der Waals surface area contributed by atoms with Crippen molar-refractivity contribution < 1.29 is 4.79 Å². The Labute approximate surface area is 111 Å². The number of carbonyl (C=O) groups excluding carboxylic acids is 1. The van der Waals surface area contributed by atoms with Crippen molar-refractivity contribution in [2.24, 2.45) is 11.3 Å². The number of amides is 1. The summed E-state index contributed by atoms with van der Waals surface area (Å²) in [6.45, 7) is 6.35. The van der Waals surface area contributed by atoms with Gasteiger partial charge in [-0.3, -0.25) is 4.79 Å². The van der Waals surface area contributed by atoms with Crippen LogP contribution in [0.2, 0.25) is 0 Å². The van der Waals surface area contributed by atoms with Crippen LogP contribution in [0, 0.1) is 11.3 Å². The summed E-state index contributed by atoms with van der Waals surface area (Å²) in [6.07, 6.45) is 6.89. The molecule has 1 aliphatic carbocycles. The maximum Gasteiger partial charge on any atom is 0.228 e. The zero-order valence-corrected chi connectivity index (χ0v) is 12.2. The third-order valence-corrected chi connectivity index (χ3v) is 4.70. The van der Waals surface area contributed by atoms with Gasteiger partial charge in [-0.2, -0.15) is 0 Å². The molecular weight excluding hydrogens is 224 g/mol. The average molecular weight is 252 g/mol. The molecule has 2 fully saturated rings. The first-order valence-electron chi connectivity index (χ1n) is 7.54. The number of carbonyl (C=O) groups is 1. The lowest BCUT2D eigenvalue weighted by Crippen LogP contribution is -2.43. The molecule has 3 nitrogen and oxygen atoms in total. The summed E-state index contributed by atoms with van der Waals surface area (Å²) in [4.78, 5) is 15.0. The highest BCUT2D eigenvalue weighted by Gasteiger charge is 2.44. The lowest BCUT2D eigenvalue weighted by molar-refractivity contribution is -0.142. The van der Waals surface area contributed by atoms with E-state index in [9.17, 15) is 4.79 Å². The molecule has 2 rings (SSSR count). The fourth-order valence-corrected chi connectivity index (χ4v) is 3.85. The van der Waals surface area contributed by atoms with Gasteiger partial charge in [0.1, 0.15) is 0 Å². The van der Waals surface area contributed by atoms with Crippen LogP contribution in [-0.2, 0) is 4.79 Å². The minimum atomic E-state index is -0.0171. The molecule has 1 unspecified atom stereocenters. The molecule has 0 aromatic rings. The van der Waals surface area contributed by atoms with Crippen molar-refractivity contribution in [2.75, 3.05) is 20.1 Å². The number of rotatable bonds is 4. The van der Waals surface area contributed by atoms with E-state index < -0.39 is 0 Å². The van der Waals surface area contributed by atoms with E-state index in [1.165, 1.54) is 12.8 Å². The Balaban J connectivity index is 2.05. The summed E-state index contributed by atoms with van der Waals surface area (Å²) in [5, 5.41) is 3.30. The Kier molecular flexibility index (Phi) is 4.31. The van der Waals surface area contributed by atoms with Gasteiger partial charge in [0.05, 0.1) is 0 Å². The molecule has 18 heavy (non-hydrogen) atoms. The normalized spacial score (nSPS) is 27.1. The molecule has 1 N–H and O–H groups in total. The molecule has 0 aromatic carbocycles. The topological polar surface area (TPSA) is 32.3 Å². The zero-order chi connectivity index (χ0) is 13.2. The monoisotopic (exact) mass is 252 g/mol. The molecule has 1 saturated heterocycles. The molecule has 3 heteroatoms. The van der Waals surface area contributed by atoms with Crippen LogP contribution >= 0.6 is 0 Å². The predicted octanol–water partition coefficient (Wildman–Crippen LogP) is 2.41. The first-order valence-corrected chi connectivity index (χ1v) is 7.54. The largest absolute Gasteiger partial charge is 0.341 e. The molecule has 1 saturated carbocycles. The molecule has 2 aliphatic rings. The van der Waals surface area contributed by atoms with Gasteiger partial charge in [-0.15, -0.1) is 0 Å². The molecule has 0 radical (unpaired) electrons. The van der Waals surface area contributed by atoms with E-state index in [2.05, 4.69) is 24.1 Å². The van der Waals surface area contributed by atoms with Crippen LogP contribution in [0.4, 0.5) is 0 Å². The molecule has 1 aliphatic heterocycles. The number of hydrogen-bond donors (Lipinski definition) is 1. The van der Waals surface area contributed by atoms with Crippen LogP contribution in [0.3, 0.4) is 0 Å². The maximum absolute atomic E-state index is 12.9. The van der Waals surface area contributed by atoms with E-state index in [1.54, 1.807) is 0 Å². The summed E-state index contributed by atoms with van der Waals surface area (Å²) in [5.74, 6) is 1.07. The van der Waals surface area contributed by atoms with E-state index in [4.69, 9.17) is 0 Å². The molecule has 1 atom stereocenters. The fraction of sp³-hybridized carbons (Fsp3) is 0.933. The number of nitrogens with one attached hydrogen (secondary N) is 1. The van der Waals surface area contributed by atoms with Crippen LogP contribution in [-0.4, -0.2) is 37.0 Å². The Hall–Kier alpha value is -0.570. The Morgan fingerprint density at radius 3 is 2.56 bits per heavy atom. The minimum absolute atomic E-state index is 0.0171. The van der Waals surface area contributed by atoms with E-state index >= 15 is 0 Å². The first-order chi connectivity index (χ1) is 8.57. The highest BCUT2D eigenvalue weighted by molar-refractivity contribution is 5.83. The van der Waals surface area contributed by atoms with Crippen LogP contribution in [0.25, 0.3) is 0 Å². The van der Waals surface area contributed by atoms with Crippen molar-refractivity contribution in [3.8, 4) is 0 Å². The molecule has 1 amide bonds. The van der Waals surface area contributed by atoms with Crippen LogP contribution < -0.4 is 5.32 Å². The summed E-state index contributed by atoms with van der Waals surface area (Å²) in [5.41, 5.74) is -0.0171. The second kappa shape index (κ2) is 5.60. The van der Waals surface area contributed by atoms with E-state index in [-0.39, 0.29) is 5.41 Å². The smallest absolute Gasteiger partial charge is 0.228 e. The third-order valence-electron chi connectivity index (χ3n) is 4.70. The van der Waals surface area contributed by atoms with Crippen LogP contribution in [0.1, 0.15) is 52.4 Å². The highest BCUT2D eigenvalue weighted by atomic mass is 16.2. The van der Waals surface area contributed by atoms with Gasteiger partial charge in [0.15, 0.2) is 0 Å². The van der Waals surface area contributed by atoms with Crippen molar-refractivity contribution in [3.05, 3.63) is 0 Å². The van der Waals surface area contributed by atoms with Gasteiger partial charge in [-0.1, -0.05) is 26.7 Å². The molecule has 0 bridgehead atoms. The van der Waals surface area contributed by atoms with E-state index in [1.807, 2.05) is 7.05 Å². The first kappa shape index (κ1) is 13.9. The molecule has 104 valence electrons. The van der Waals surface area contributed by atoms with Crippen molar-refractivity contribution in [3.63, 3.8) is 0 Å². The second-order valence-electron chi connectivity index (χ2n) is 6.61. The zero-order valence-electron chi connectivity index (χ0n) is 12.2. The van der Waals surface area contributed by atoms with Crippen LogP contribution in [0.15, 0.2) is 0 Å². The number of likely N-dealkylation sites (tertiary alicyclic amines) is 1. The molecule has 0 aromatic heterocycles. The Morgan fingerprint density at radius 2 is 2.06 bits per heavy atom. The van der Waals surface area contributed by atoms with Crippen molar-refractivity contribution in [2.45, 2.75) is 58.4 Å². The van der Waals surface area contributed by atoms with Crippen molar-refractivity contribution in [1.82, 2.24) is 10.2 Å². The van der Waals surface area contributed by atoms with Gasteiger partial charge in [0, 0.05) is 24.5 Å². The van der Waals surface area contributed by atoms with E-state index in [0.717, 1.165) is 38.8 Å². The number of likely N-dealkylation sites (N-methyl/N-ethyl adjacent to an activating group) is 1. The third kappa shape index (κ3) is 2.71. The Morgan fingerprint density at radius 1 is 1.39 bits per heavy atom. The molecular formula is C15H28N2O. The quantitative estimate of drug-likeness (QED) is 0.833. The average Bonchev–Trinajstić information content (AvgIpc) is 2.96. The van der Waals surface area contributed by atoms with Gasteiger partial charge in [-0.25, -0.2) is 0 Å². The lowest BCUT2D eigenvalue weighted by atomic mass is 9.77. The van der Waals surface area contributed by atoms with Gasteiger partial charge >= 0.3 is 0 Å². The van der Waals surface area contributed by atoms with Crippen molar-refractivity contribution >= 4 is 5.91 Å². The maximum atomic E-state index is 12.9. The molecule has 0 spiro atoms. The predicted molar refractivity (Wildman–Crippen MR) is 74.4 cm³/mol. The van der Waals surface area contributed by atoms with Gasteiger partial charge < -0.3 is 10.2 Å². The minimum Gasteiger partial charge on any atom is -0.341 e. The van der Waals surface area contributed by atoms with Gasteiger partial charge in [-0.05, 0) is 38.6 Å². The Bertz CT molecular complexity index is 295. The van der Waals surface area contributed by atoms with Crippen LogP contribution in [0.5, 0.6) is 0 Å². The SMILES string of the molecule is CNC1CCN(C(=O)C2(CC(C)C)CCCC2)C1. The number of hydrogen-bond acceptors (Lipinski definition) is 2. The highest BCUT2D eigenvalue weighted by Crippen LogP contribution is 2.45. The van der Waals surface area contributed by atoms with Gasteiger partial charge in [0.25, 0.3) is 0 Å². The van der Waals surface area contributed by atoms with Crippen molar-refractivity contribution in [1.29, 1.82) is 0 Å². The van der Waals surface area contributed by atoms with E-state index in [0.29, 0.717) is 17.9 Å². The standard InChI is InChI=1S/C15H28N2O/c1-12(2)10-15(7-4-5-8-15)14(18)17-9-6-13(11-17)16-3/h12-13,16H,4-11H2,1-3H3. The fourth-order valence-electron chi connectivity index (χ4n) is 3.85. The van der Waals surface area contributed by atoms with Gasteiger partial charge in [0.2, 0.25) is 5.91 Å². The summed E-state index contributed by atoms with van der Waals surface area (Å²) < 4.78 is 0. The lowest BCUT2D eigenvalue weighted by Gasteiger charge is -2.33. The summed E-state index contributed by atoms with van der Waals surface area (Å²) in [6, 6.07) is 0.506. The number of nitrogens with zero attached hydrogens (tertiary/aromatic N) is 1. The second-order valence-corrected chi connectivity index (χ2v) is 6.61.